The van der Waals surface area contributed by atoms with E-state index in [9.17, 15) is 29.7 Å². The smallest absolute Gasteiger partial charge is 0.336 e. The second kappa shape index (κ2) is 13.2. The van der Waals surface area contributed by atoms with Crippen molar-refractivity contribution in [1.82, 2.24) is 13.7 Å². The van der Waals surface area contributed by atoms with E-state index in [1.807, 2.05) is 109 Å². The van der Waals surface area contributed by atoms with E-state index in [-0.39, 0.29) is 36.9 Å². The third-order valence-corrected chi connectivity index (χ3v) is 9.45. The molecule has 0 unspecified atom stereocenters. The Morgan fingerprint density at radius 2 is 0.706 bits per heavy atom. The average molecular weight is 700 g/mol. The summed E-state index contributed by atoms with van der Waals surface area (Å²) in [7, 11) is 0. The van der Waals surface area contributed by atoms with Crippen molar-refractivity contribution in [2.45, 2.75) is 138 Å². The van der Waals surface area contributed by atoms with Gasteiger partial charge in [0.1, 0.15) is 17.2 Å². The van der Waals surface area contributed by atoms with Crippen LogP contribution in [0, 0.1) is 13.8 Å². The third kappa shape index (κ3) is 8.03. The molecule has 9 nitrogen and oxygen atoms in total. The molecule has 4 rings (SSSR count). The number of rotatable bonds is 6. The molecule has 3 N–H and O–H groups in total. The molecule has 1 aromatic heterocycles. The highest BCUT2D eigenvalue weighted by Gasteiger charge is 2.29. The summed E-state index contributed by atoms with van der Waals surface area (Å²) >= 11 is 0. The SMILES string of the molecule is Cc1cc(Cn2c(=O)n(Cc3cc(C(C)(C)C)c(O)c(C(C)(C)C)c3)c(=O)n(Cc3cc(C)cc(C(C)(C)C)c3O)c2=O)c(O)c(C(C)(C)C)c1. The highest BCUT2D eigenvalue weighted by molar-refractivity contribution is 5.50. The van der Waals surface area contributed by atoms with Crippen molar-refractivity contribution in [3.05, 3.63) is 118 Å². The molecule has 3 aromatic carbocycles. The number of phenols is 3. The number of hydrogen-bond acceptors (Lipinski definition) is 6. The van der Waals surface area contributed by atoms with Gasteiger partial charge in [0.05, 0.1) is 19.6 Å². The first kappa shape index (κ1) is 39.3. The Morgan fingerprint density at radius 1 is 0.431 bits per heavy atom. The molecule has 1 heterocycles. The molecule has 0 aliphatic rings. The normalized spacial score (nSPS) is 12.8. The van der Waals surface area contributed by atoms with Gasteiger partial charge in [-0.25, -0.2) is 28.1 Å². The Balaban J connectivity index is 2.06. The van der Waals surface area contributed by atoms with Crippen LogP contribution in [-0.4, -0.2) is 29.0 Å². The molecule has 0 aliphatic carbocycles. The molecule has 0 bridgehead atoms. The molecule has 276 valence electrons. The van der Waals surface area contributed by atoms with Gasteiger partial charge >= 0.3 is 17.1 Å². The number of hydrogen-bond donors (Lipinski definition) is 3. The zero-order chi connectivity index (χ0) is 38.8. The standard InChI is InChI=1S/C42H57N3O6/c1-24-15-27(33(46)29(17-24)39(3,4)5)22-44-36(49)43(21-26-19-31(41(9,10)11)35(48)32(20-26)42(12,13)14)37(50)45(38(44)51)23-28-16-25(2)18-30(34(28)47)40(6,7)8/h15-20,46-48H,21-23H2,1-14H3. The Morgan fingerprint density at radius 3 is 1.00 bits per heavy atom. The monoisotopic (exact) mass is 699 g/mol. The predicted octanol–water partition coefficient (Wildman–Crippen LogP) is 7.24. The summed E-state index contributed by atoms with van der Waals surface area (Å²) in [5.74, 6) is 0.138. The molecular formula is C42H57N3O6. The highest BCUT2D eigenvalue weighted by Crippen LogP contribution is 2.40. The van der Waals surface area contributed by atoms with E-state index in [0.29, 0.717) is 38.9 Å². The molecule has 9 heteroatoms. The van der Waals surface area contributed by atoms with Crippen molar-refractivity contribution < 1.29 is 15.3 Å². The number of aromatic nitrogens is 3. The lowest BCUT2D eigenvalue weighted by atomic mass is 9.78. The lowest BCUT2D eigenvalue weighted by molar-refractivity contribution is 0.421. The van der Waals surface area contributed by atoms with Gasteiger partial charge < -0.3 is 15.3 Å². The molecular weight excluding hydrogens is 642 g/mol. The van der Waals surface area contributed by atoms with Gasteiger partial charge in [0.15, 0.2) is 0 Å². The number of aryl methyl sites for hydroxylation is 2. The van der Waals surface area contributed by atoms with Crippen molar-refractivity contribution in [1.29, 1.82) is 0 Å². The van der Waals surface area contributed by atoms with Gasteiger partial charge in [0.25, 0.3) is 0 Å². The van der Waals surface area contributed by atoms with Crippen molar-refractivity contribution in [3.8, 4) is 17.2 Å². The zero-order valence-electron chi connectivity index (χ0n) is 33.0. The van der Waals surface area contributed by atoms with E-state index in [2.05, 4.69) is 0 Å². The van der Waals surface area contributed by atoms with Crippen LogP contribution >= 0.6 is 0 Å². The van der Waals surface area contributed by atoms with Crippen LogP contribution in [0.4, 0.5) is 0 Å². The largest absolute Gasteiger partial charge is 0.507 e. The minimum Gasteiger partial charge on any atom is -0.507 e. The van der Waals surface area contributed by atoms with E-state index < -0.39 is 38.7 Å². The molecule has 0 fully saturated rings. The first-order valence-electron chi connectivity index (χ1n) is 17.6. The second-order valence-corrected chi connectivity index (χ2v) is 18.3. The topological polar surface area (TPSA) is 127 Å². The summed E-state index contributed by atoms with van der Waals surface area (Å²) < 4.78 is 2.99. The minimum absolute atomic E-state index is 0.0157. The van der Waals surface area contributed by atoms with Gasteiger partial charge in [0, 0.05) is 11.1 Å². The molecule has 0 atom stereocenters. The van der Waals surface area contributed by atoms with Crippen LogP contribution in [0.25, 0.3) is 0 Å². The van der Waals surface area contributed by atoms with Crippen molar-refractivity contribution in [2.24, 2.45) is 0 Å². The van der Waals surface area contributed by atoms with E-state index in [1.54, 1.807) is 24.3 Å². The number of nitrogens with zero attached hydrogens (tertiary/aromatic N) is 3. The number of phenolic OH excluding ortho intramolecular Hbond substituents is 3. The quantitative estimate of drug-likeness (QED) is 0.195. The van der Waals surface area contributed by atoms with E-state index in [1.165, 1.54) is 0 Å². The van der Waals surface area contributed by atoms with E-state index in [0.717, 1.165) is 24.8 Å². The fourth-order valence-electron chi connectivity index (χ4n) is 6.63. The fourth-order valence-corrected chi connectivity index (χ4v) is 6.63. The lowest BCUT2D eigenvalue weighted by Crippen LogP contribution is -2.55. The van der Waals surface area contributed by atoms with E-state index in [4.69, 9.17) is 0 Å². The van der Waals surface area contributed by atoms with Crippen LogP contribution in [-0.2, 0) is 41.3 Å². The molecule has 0 radical (unpaired) electrons. The third-order valence-electron chi connectivity index (χ3n) is 9.45. The van der Waals surface area contributed by atoms with Crippen LogP contribution in [0.15, 0.2) is 50.8 Å². The van der Waals surface area contributed by atoms with Crippen LogP contribution in [0.5, 0.6) is 17.2 Å². The van der Waals surface area contributed by atoms with Gasteiger partial charge in [-0.2, -0.15) is 0 Å². The first-order chi connectivity index (χ1) is 23.1. The predicted molar refractivity (Wildman–Crippen MR) is 205 cm³/mol. The Bertz CT molecular complexity index is 2030. The van der Waals surface area contributed by atoms with E-state index >= 15 is 0 Å². The summed E-state index contributed by atoms with van der Waals surface area (Å²) in [5, 5.41) is 34.2. The van der Waals surface area contributed by atoms with Crippen LogP contribution in [0.3, 0.4) is 0 Å². The zero-order valence-corrected chi connectivity index (χ0v) is 33.0. The molecule has 0 saturated carbocycles. The van der Waals surface area contributed by atoms with Gasteiger partial charge in [-0.05, 0) is 75.5 Å². The van der Waals surface area contributed by atoms with Gasteiger partial charge in [-0.1, -0.05) is 118 Å². The lowest BCUT2D eigenvalue weighted by Gasteiger charge is -2.28. The molecule has 4 aromatic rings. The maximum atomic E-state index is 14.4. The molecule has 51 heavy (non-hydrogen) atoms. The molecule has 0 amide bonds. The van der Waals surface area contributed by atoms with Crippen molar-refractivity contribution in [2.75, 3.05) is 0 Å². The van der Waals surface area contributed by atoms with Crippen LogP contribution in [0.2, 0.25) is 0 Å². The maximum Gasteiger partial charge on any atom is 0.336 e. The summed E-state index contributed by atoms with van der Waals surface area (Å²) in [6.07, 6.45) is 0. The molecule has 0 spiro atoms. The second-order valence-electron chi connectivity index (χ2n) is 18.3. The summed E-state index contributed by atoms with van der Waals surface area (Å²) in [6.45, 7) is 26.8. The number of aromatic hydroxyl groups is 3. The average Bonchev–Trinajstić information content (AvgIpc) is 2.97. The summed E-state index contributed by atoms with van der Waals surface area (Å²) in [6, 6.07) is 10.9. The Kier molecular flexibility index (Phi) is 10.2. The highest BCUT2D eigenvalue weighted by atomic mass is 16.3. The molecule has 0 aliphatic heterocycles. The maximum absolute atomic E-state index is 14.4. The fraction of sp³-hybridized carbons (Fsp3) is 0.500. The Labute approximate surface area is 301 Å². The first-order valence-corrected chi connectivity index (χ1v) is 17.6. The minimum atomic E-state index is -0.853. The number of benzene rings is 3. The summed E-state index contributed by atoms with van der Waals surface area (Å²) in [5.41, 5.74) is 1.49. The van der Waals surface area contributed by atoms with Gasteiger partial charge in [-0.3, -0.25) is 0 Å². The van der Waals surface area contributed by atoms with Gasteiger partial charge in [-0.15, -0.1) is 0 Å². The molecule has 0 saturated heterocycles. The Hall–Kier alpha value is -4.53. The van der Waals surface area contributed by atoms with Crippen LogP contribution in [0.1, 0.15) is 133 Å². The van der Waals surface area contributed by atoms with Crippen molar-refractivity contribution in [3.63, 3.8) is 0 Å². The van der Waals surface area contributed by atoms with Crippen molar-refractivity contribution >= 4 is 0 Å². The summed E-state index contributed by atoms with van der Waals surface area (Å²) in [4.78, 5) is 43.1. The van der Waals surface area contributed by atoms with Crippen LogP contribution < -0.4 is 17.1 Å². The van der Waals surface area contributed by atoms with Gasteiger partial charge in [0.2, 0.25) is 0 Å².